The molecule has 0 saturated heterocycles. The van der Waals surface area contributed by atoms with Crippen molar-refractivity contribution in [3.8, 4) is 0 Å². The molecule has 0 radical (unpaired) electrons. The third-order valence-electron chi connectivity index (χ3n) is 5.13. The second-order valence-corrected chi connectivity index (χ2v) is 8.22. The number of para-hydroxylation sites is 2. The second kappa shape index (κ2) is 9.22. The van der Waals surface area contributed by atoms with Gasteiger partial charge in [0.05, 0.1) is 34.4 Å². The molecule has 2 aromatic carbocycles. The molecule has 2 heterocycles. The highest BCUT2D eigenvalue weighted by atomic mass is 32.2. The minimum Gasteiger partial charge on any atom is -0.346 e. The van der Waals surface area contributed by atoms with Gasteiger partial charge < -0.3 is 10.3 Å². The largest absolute Gasteiger partial charge is 0.346 e. The maximum Gasteiger partial charge on any atom is 0.273 e. The Morgan fingerprint density at radius 2 is 1.87 bits per heavy atom. The predicted molar refractivity (Wildman–Crippen MR) is 123 cm³/mol. The first-order valence-electron chi connectivity index (χ1n) is 10.0. The molecular weight excluding hydrogens is 414 g/mol. The quantitative estimate of drug-likeness (QED) is 0.392. The highest BCUT2D eigenvalue weighted by Gasteiger charge is 2.18. The molecule has 31 heavy (non-hydrogen) atoms. The average molecular weight is 438 g/mol. The molecule has 3 N–H and O–H groups in total. The van der Waals surface area contributed by atoms with Crippen LogP contribution in [0.25, 0.3) is 21.8 Å². The Bertz CT molecular complexity index is 1310. The fraction of sp³-hybridized carbons (Fsp3) is 0.273. The van der Waals surface area contributed by atoms with Crippen LogP contribution < -0.4 is 16.4 Å². The first-order valence-corrected chi connectivity index (χ1v) is 11.4. The lowest BCUT2D eigenvalue weighted by Gasteiger charge is -2.16. The second-order valence-electron chi connectivity index (χ2n) is 7.23. The van der Waals surface area contributed by atoms with Crippen molar-refractivity contribution < 1.29 is 4.79 Å². The van der Waals surface area contributed by atoms with E-state index in [0.717, 1.165) is 23.2 Å². The summed E-state index contributed by atoms with van der Waals surface area (Å²) in [6.45, 7) is 0.0835. The zero-order valence-corrected chi connectivity index (χ0v) is 17.9. The number of carbonyl (C=O) groups excluding carboxylic acids is 1. The molecule has 9 heteroatoms. The van der Waals surface area contributed by atoms with Gasteiger partial charge in [-0.05, 0) is 42.7 Å². The van der Waals surface area contributed by atoms with Gasteiger partial charge in [-0.1, -0.05) is 24.3 Å². The van der Waals surface area contributed by atoms with E-state index in [-0.39, 0.29) is 36.0 Å². The van der Waals surface area contributed by atoms with E-state index in [1.807, 2.05) is 30.5 Å². The fourth-order valence-electron chi connectivity index (χ4n) is 3.53. The van der Waals surface area contributed by atoms with Crippen LogP contribution in [0.15, 0.2) is 58.1 Å². The van der Waals surface area contributed by atoms with Crippen molar-refractivity contribution in [3.63, 3.8) is 0 Å². The summed E-state index contributed by atoms with van der Waals surface area (Å²) in [5, 5.41) is 6.26. The zero-order valence-electron chi connectivity index (χ0n) is 17.1. The van der Waals surface area contributed by atoms with Gasteiger partial charge in [-0.15, -0.1) is 0 Å². The number of aromatic amines is 2. The number of thioether (sulfide) groups is 1. The molecule has 0 saturated carbocycles. The number of H-pyrrole nitrogens is 2. The summed E-state index contributed by atoms with van der Waals surface area (Å²) in [4.78, 5) is 45.4. The molecule has 2 aromatic heterocycles. The molecule has 0 aliphatic rings. The summed E-state index contributed by atoms with van der Waals surface area (Å²) in [5.74, 6) is 1.35. The maximum atomic E-state index is 12.7. The van der Waals surface area contributed by atoms with Crippen molar-refractivity contribution in [2.45, 2.75) is 25.4 Å². The van der Waals surface area contributed by atoms with Gasteiger partial charge in [0.2, 0.25) is 5.91 Å². The van der Waals surface area contributed by atoms with Crippen LogP contribution in [0.3, 0.4) is 0 Å². The molecular formula is C22H23N5O3S. The van der Waals surface area contributed by atoms with Crippen molar-refractivity contribution in [2.24, 2.45) is 0 Å². The molecule has 8 nitrogen and oxygen atoms in total. The summed E-state index contributed by atoms with van der Waals surface area (Å²) < 4.78 is 1.20. The third-order valence-corrected chi connectivity index (χ3v) is 5.77. The predicted octanol–water partition coefficient (Wildman–Crippen LogP) is 2.57. The molecule has 160 valence electrons. The Morgan fingerprint density at radius 3 is 2.65 bits per heavy atom. The first kappa shape index (κ1) is 20.9. The SMILES string of the molecule is CSCCC(NC(=O)CCn1[nH]c(=O)c2ccccc2c1=O)c1nc2ccccc2[nH]1. The monoisotopic (exact) mass is 437 g/mol. The van der Waals surface area contributed by atoms with Crippen LogP contribution >= 0.6 is 11.8 Å². The smallest absolute Gasteiger partial charge is 0.273 e. The van der Waals surface area contributed by atoms with Crippen molar-refractivity contribution in [3.05, 3.63) is 75.1 Å². The fourth-order valence-corrected chi connectivity index (χ4v) is 4.01. The summed E-state index contributed by atoms with van der Waals surface area (Å²) in [7, 11) is 0. The first-order chi connectivity index (χ1) is 15.1. The number of fused-ring (bicyclic) bond motifs is 2. The van der Waals surface area contributed by atoms with Gasteiger partial charge in [-0.25, -0.2) is 9.67 Å². The lowest BCUT2D eigenvalue weighted by molar-refractivity contribution is -0.122. The van der Waals surface area contributed by atoms with E-state index in [9.17, 15) is 14.4 Å². The molecule has 4 aromatic rings. The van der Waals surface area contributed by atoms with Crippen LogP contribution in [0.5, 0.6) is 0 Å². The topological polar surface area (TPSA) is 113 Å². The highest BCUT2D eigenvalue weighted by molar-refractivity contribution is 7.98. The van der Waals surface area contributed by atoms with Crippen LogP contribution in [0.4, 0.5) is 0 Å². The summed E-state index contributed by atoms with van der Waals surface area (Å²) in [5.41, 5.74) is 1.09. The van der Waals surface area contributed by atoms with Crippen LogP contribution in [-0.2, 0) is 11.3 Å². The number of nitrogens with one attached hydrogen (secondary N) is 3. The van der Waals surface area contributed by atoms with Crippen molar-refractivity contribution in [1.29, 1.82) is 0 Å². The van der Waals surface area contributed by atoms with Crippen molar-refractivity contribution in [1.82, 2.24) is 25.1 Å². The number of carbonyl (C=O) groups is 1. The minimum absolute atomic E-state index is 0.0597. The summed E-state index contributed by atoms with van der Waals surface area (Å²) in [6, 6.07) is 14.1. The Kier molecular flexibility index (Phi) is 6.22. The molecule has 4 rings (SSSR count). The van der Waals surface area contributed by atoms with Gasteiger partial charge in [0.25, 0.3) is 11.1 Å². The molecule has 0 aliphatic heterocycles. The summed E-state index contributed by atoms with van der Waals surface area (Å²) in [6.07, 6.45) is 2.80. The van der Waals surface area contributed by atoms with E-state index in [0.29, 0.717) is 16.6 Å². The highest BCUT2D eigenvalue weighted by Crippen LogP contribution is 2.20. The Hall–Kier alpha value is -3.33. The molecule has 0 bridgehead atoms. The van der Waals surface area contributed by atoms with E-state index in [4.69, 9.17) is 0 Å². The van der Waals surface area contributed by atoms with E-state index in [1.54, 1.807) is 36.0 Å². The molecule has 0 fully saturated rings. The molecule has 1 amide bonds. The number of hydrogen-bond donors (Lipinski definition) is 3. The number of rotatable bonds is 8. The number of hydrogen-bond acceptors (Lipinski definition) is 5. The number of benzene rings is 2. The van der Waals surface area contributed by atoms with Gasteiger partial charge in [0.15, 0.2) is 0 Å². The number of amides is 1. The third kappa shape index (κ3) is 4.56. The maximum absolute atomic E-state index is 12.7. The molecule has 1 unspecified atom stereocenters. The van der Waals surface area contributed by atoms with E-state index < -0.39 is 0 Å². The number of aromatic nitrogens is 4. The van der Waals surface area contributed by atoms with E-state index in [2.05, 4.69) is 20.4 Å². The number of aryl methyl sites for hydroxylation is 1. The Labute approximate surface area is 182 Å². The standard InChI is InChI=1S/C22H23N5O3S/c1-31-13-11-18(20-24-16-8-4-5-9-17(16)25-20)23-19(28)10-12-27-22(30)15-7-3-2-6-14(15)21(29)26-27/h2-9,18H,10-13H2,1H3,(H,23,28)(H,24,25)(H,26,29). The number of imidazole rings is 1. The Balaban J connectivity index is 1.49. The number of nitrogens with zero attached hydrogens (tertiary/aromatic N) is 2. The summed E-state index contributed by atoms with van der Waals surface area (Å²) >= 11 is 1.70. The van der Waals surface area contributed by atoms with Crippen molar-refractivity contribution >= 4 is 39.5 Å². The van der Waals surface area contributed by atoms with Gasteiger partial charge >= 0.3 is 0 Å². The lowest BCUT2D eigenvalue weighted by Crippen LogP contribution is -2.34. The van der Waals surface area contributed by atoms with Crippen LogP contribution in [0, 0.1) is 0 Å². The Morgan fingerprint density at radius 1 is 1.13 bits per heavy atom. The van der Waals surface area contributed by atoms with Crippen LogP contribution in [0.1, 0.15) is 24.7 Å². The van der Waals surface area contributed by atoms with Crippen LogP contribution in [-0.4, -0.2) is 37.7 Å². The van der Waals surface area contributed by atoms with E-state index >= 15 is 0 Å². The molecule has 0 spiro atoms. The van der Waals surface area contributed by atoms with Gasteiger partial charge in [0.1, 0.15) is 5.82 Å². The lowest BCUT2D eigenvalue weighted by atomic mass is 10.2. The zero-order chi connectivity index (χ0) is 21.8. The van der Waals surface area contributed by atoms with Gasteiger partial charge in [-0.3, -0.25) is 19.5 Å². The molecule has 0 aliphatic carbocycles. The van der Waals surface area contributed by atoms with Gasteiger partial charge in [-0.2, -0.15) is 11.8 Å². The average Bonchev–Trinajstić information content (AvgIpc) is 3.22. The van der Waals surface area contributed by atoms with E-state index in [1.165, 1.54) is 4.68 Å². The normalized spacial score (nSPS) is 12.3. The van der Waals surface area contributed by atoms with Crippen molar-refractivity contribution in [2.75, 3.05) is 12.0 Å². The van der Waals surface area contributed by atoms with Gasteiger partial charge in [0, 0.05) is 6.42 Å². The minimum atomic E-state index is -0.351. The van der Waals surface area contributed by atoms with Crippen LogP contribution in [0.2, 0.25) is 0 Å². The molecule has 1 atom stereocenters.